The molecule has 3 rings (SSSR count). The molecule has 1 N–H and O–H groups in total. The van der Waals surface area contributed by atoms with E-state index in [-0.39, 0.29) is 11.9 Å². The van der Waals surface area contributed by atoms with E-state index in [2.05, 4.69) is 27.1 Å². The van der Waals surface area contributed by atoms with Gasteiger partial charge in [-0.05, 0) is 43.4 Å². The number of hydrogen-bond donors (Lipinski definition) is 1. The third-order valence-corrected chi connectivity index (χ3v) is 4.68. The van der Waals surface area contributed by atoms with Crippen molar-refractivity contribution in [3.05, 3.63) is 59.9 Å². The summed E-state index contributed by atoms with van der Waals surface area (Å²) in [6, 6.07) is 13.2. The number of piperazine rings is 1. The summed E-state index contributed by atoms with van der Waals surface area (Å²) in [5.74, 6) is -0.123. The Morgan fingerprint density at radius 3 is 2.50 bits per heavy atom. The lowest BCUT2D eigenvalue weighted by atomic mass is 10.1. The first-order chi connectivity index (χ1) is 12.7. The van der Waals surface area contributed by atoms with Crippen molar-refractivity contribution >= 4 is 11.6 Å². The number of nitrogens with zero attached hydrogens (tertiary/aromatic N) is 3. The van der Waals surface area contributed by atoms with Gasteiger partial charge in [-0.3, -0.25) is 9.78 Å². The van der Waals surface area contributed by atoms with Crippen LogP contribution in [0.1, 0.15) is 22.1 Å². The molecule has 1 saturated heterocycles. The quantitative estimate of drug-likeness (QED) is 0.859. The first-order valence-corrected chi connectivity index (χ1v) is 8.91. The molecule has 1 amide bonds. The molecular weight excluding hydrogens is 328 g/mol. The van der Waals surface area contributed by atoms with Gasteiger partial charge in [0.1, 0.15) is 0 Å². The van der Waals surface area contributed by atoms with E-state index in [1.807, 2.05) is 42.5 Å². The predicted molar refractivity (Wildman–Crippen MR) is 102 cm³/mol. The molecule has 26 heavy (non-hydrogen) atoms. The van der Waals surface area contributed by atoms with Crippen LogP contribution in [0.4, 0.5) is 5.69 Å². The van der Waals surface area contributed by atoms with E-state index in [4.69, 9.17) is 4.74 Å². The summed E-state index contributed by atoms with van der Waals surface area (Å²) in [5.41, 5.74) is 2.59. The Balaban J connectivity index is 1.65. The number of aromatic nitrogens is 1. The average Bonchev–Trinajstić information content (AvgIpc) is 2.69. The van der Waals surface area contributed by atoms with E-state index in [9.17, 15) is 4.79 Å². The van der Waals surface area contributed by atoms with Gasteiger partial charge in [0.2, 0.25) is 0 Å². The van der Waals surface area contributed by atoms with E-state index in [1.165, 1.54) is 0 Å². The van der Waals surface area contributed by atoms with Gasteiger partial charge < -0.3 is 19.9 Å². The van der Waals surface area contributed by atoms with E-state index < -0.39 is 0 Å². The molecule has 0 spiro atoms. The second kappa shape index (κ2) is 8.78. The maximum Gasteiger partial charge on any atom is 0.251 e. The van der Waals surface area contributed by atoms with Crippen LogP contribution in [0.2, 0.25) is 0 Å². The monoisotopic (exact) mass is 354 g/mol. The Labute approximate surface area is 154 Å². The smallest absolute Gasteiger partial charge is 0.251 e. The molecule has 0 bridgehead atoms. The normalized spacial score (nSPS) is 16.3. The van der Waals surface area contributed by atoms with Crippen LogP contribution >= 0.6 is 0 Å². The van der Waals surface area contributed by atoms with Crippen molar-refractivity contribution < 1.29 is 9.53 Å². The van der Waals surface area contributed by atoms with Crippen molar-refractivity contribution in [3.63, 3.8) is 0 Å². The first kappa shape index (κ1) is 18.4. The number of rotatable bonds is 6. The molecule has 0 aliphatic carbocycles. The Hall–Kier alpha value is -2.44. The van der Waals surface area contributed by atoms with Gasteiger partial charge >= 0.3 is 0 Å². The fraction of sp³-hybridized carbons (Fsp3) is 0.400. The van der Waals surface area contributed by atoms with Crippen molar-refractivity contribution in [3.8, 4) is 0 Å². The first-order valence-electron chi connectivity index (χ1n) is 8.91. The van der Waals surface area contributed by atoms with E-state index in [0.717, 1.165) is 37.6 Å². The third kappa shape index (κ3) is 4.59. The number of anilines is 1. The number of ether oxygens (including phenoxy) is 1. The standard InChI is InChI=1S/C20H26N4O2/c1-23-11-13-24(14-12-23)17-8-6-16(7-9-17)20(25)22-19(15-26-2)18-5-3-4-10-21-18/h3-10,19H,11-15H2,1-2H3,(H,22,25). The molecule has 1 aliphatic rings. The number of likely N-dealkylation sites (N-methyl/N-ethyl adjacent to an activating group) is 1. The topological polar surface area (TPSA) is 57.7 Å². The van der Waals surface area contributed by atoms with Gasteiger partial charge in [-0.1, -0.05) is 6.07 Å². The van der Waals surface area contributed by atoms with Crippen LogP contribution in [0, 0.1) is 0 Å². The zero-order valence-corrected chi connectivity index (χ0v) is 15.4. The van der Waals surface area contributed by atoms with Gasteiger partial charge in [-0.25, -0.2) is 0 Å². The Bertz CT molecular complexity index is 698. The molecule has 1 aliphatic heterocycles. The average molecular weight is 354 g/mol. The lowest BCUT2D eigenvalue weighted by molar-refractivity contribution is 0.0894. The highest BCUT2D eigenvalue weighted by atomic mass is 16.5. The Kier molecular flexibility index (Phi) is 6.20. The van der Waals surface area contributed by atoms with Crippen molar-refractivity contribution in [2.75, 3.05) is 51.8 Å². The number of pyridine rings is 1. The summed E-state index contributed by atoms with van der Waals surface area (Å²) in [7, 11) is 3.76. The minimum Gasteiger partial charge on any atom is -0.382 e. The molecule has 1 atom stereocenters. The maximum atomic E-state index is 12.6. The zero-order chi connectivity index (χ0) is 18.4. The van der Waals surface area contributed by atoms with Gasteiger partial charge in [0.05, 0.1) is 18.3 Å². The summed E-state index contributed by atoms with van der Waals surface area (Å²) in [6.07, 6.45) is 1.72. The van der Waals surface area contributed by atoms with Crippen molar-refractivity contribution in [2.45, 2.75) is 6.04 Å². The third-order valence-electron chi connectivity index (χ3n) is 4.68. The summed E-state index contributed by atoms with van der Waals surface area (Å²) in [5, 5.41) is 3.01. The van der Waals surface area contributed by atoms with Crippen molar-refractivity contribution in [1.82, 2.24) is 15.2 Å². The number of nitrogens with one attached hydrogen (secondary N) is 1. The lowest BCUT2D eigenvalue weighted by Gasteiger charge is -2.34. The van der Waals surface area contributed by atoms with Crippen LogP contribution in [-0.4, -0.2) is 62.7 Å². The zero-order valence-electron chi connectivity index (χ0n) is 15.4. The molecule has 138 valence electrons. The highest BCUT2D eigenvalue weighted by Crippen LogP contribution is 2.18. The minimum absolute atomic E-state index is 0.123. The molecule has 1 aromatic heterocycles. The Morgan fingerprint density at radius 2 is 1.88 bits per heavy atom. The highest BCUT2D eigenvalue weighted by molar-refractivity contribution is 5.94. The number of benzene rings is 1. The second-order valence-electron chi connectivity index (χ2n) is 6.57. The molecule has 6 nitrogen and oxygen atoms in total. The number of amides is 1. The largest absolute Gasteiger partial charge is 0.382 e. The second-order valence-corrected chi connectivity index (χ2v) is 6.57. The van der Waals surface area contributed by atoms with Crippen LogP contribution in [-0.2, 0) is 4.74 Å². The summed E-state index contributed by atoms with van der Waals surface area (Å²) in [6.45, 7) is 4.52. The van der Waals surface area contributed by atoms with E-state index >= 15 is 0 Å². The molecule has 0 saturated carbocycles. The van der Waals surface area contributed by atoms with Crippen molar-refractivity contribution in [2.24, 2.45) is 0 Å². The minimum atomic E-state index is -0.272. The predicted octanol–water partition coefficient (Wildman–Crippen LogP) is 1.95. The van der Waals surface area contributed by atoms with Gasteiger partial charge in [0, 0.05) is 50.7 Å². The number of carbonyl (C=O) groups excluding carboxylic acids is 1. The fourth-order valence-corrected chi connectivity index (χ4v) is 3.08. The SMILES string of the molecule is COCC(NC(=O)c1ccc(N2CCN(C)CC2)cc1)c1ccccn1. The van der Waals surface area contributed by atoms with Crippen molar-refractivity contribution in [1.29, 1.82) is 0 Å². The molecule has 1 unspecified atom stereocenters. The molecule has 2 aromatic rings. The lowest BCUT2D eigenvalue weighted by Crippen LogP contribution is -2.44. The molecule has 1 aromatic carbocycles. The van der Waals surface area contributed by atoms with Gasteiger partial charge in [-0.2, -0.15) is 0 Å². The van der Waals surface area contributed by atoms with E-state index in [0.29, 0.717) is 12.2 Å². The summed E-state index contributed by atoms with van der Waals surface area (Å²) in [4.78, 5) is 21.6. The van der Waals surface area contributed by atoms with Crippen LogP contribution < -0.4 is 10.2 Å². The van der Waals surface area contributed by atoms with Crippen LogP contribution in [0.3, 0.4) is 0 Å². The maximum absolute atomic E-state index is 12.6. The van der Waals surface area contributed by atoms with Gasteiger partial charge in [-0.15, -0.1) is 0 Å². The number of carbonyl (C=O) groups is 1. The molecule has 6 heteroatoms. The molecule has 1 fully saturated rings. The van der Waals surface area contributed by atoms with Crippen LogP contribution in [0.25, 0.3) is 0 Å². The Morgan fingerprint density at radius 1 is 1.15 bits per heavy atom. The molecular formula is C20H26N4O2. The number of methoxy groups -OCH3 is 1. The van der Waals surface area contributed by atoms with Gasteiger partial charge in [0.15, 0.2) is 0 Å². The molecule has 2 heterocycles. The summed E-state index contributed by atoms with van der Waals surface area (Å²) < 4.78 is 5.24. The number of hydrogen-bond acceptors (Lipinski definition) is 5. The summed E-state index contributed by atoms with van der Waals surface area (Å²) >= 11 is 0. The van der Waals surface area contributed by atoms with E-state index in [1.54, 1.807) is 13.3 Å². The van der Waals surface area contributed by atoms with Gasteiger partial charge in [0.25, 0.3) is 5.91 Å². The fourth-order valence-electron chi connectivity index (χ4n) is 3.08. The van der Waals surface area contributed by atoms with Crippen LogP contribution in [0.15, 0.2) is 48.7 Å². The highest BCUT2D eigenvalue weighted by Gasteiger charge is 2.18. The van der Waals surface area contributed by atoms with Crippen LogP contribution in [0.5, 0.6) is 0 Å². The molecule has 0 radical (unpaired) electrons.